The molecular weight excluding hydrogens is 224 g/mol. The van der Waals surface area contributed by atoms with Crippen molar-refractivity contribution >= 4 is 0 Å². The molecule has 2 nitrogen and oxygen atoms in total. The van der Waals surface area contributed by atoms with Crippen LogP contribution in [0.25, 0.3) is 0 Å². The Bertz CT molecular complexity index is 461. The van der Waals surface area contributed by atoms with E-state index in [2.05, 4.69) is 0 Å². The molecule has 93 valence electrons. The van der Waals surface area contributed by atoms with Gasteiger partial charge in [-0.3, -0.25) is 0 Å². The maximum atomic E-state index is 5.60. The molecule has 0 bridgehead atoms. The van der Waals surface area contributed by atoms with Crippen LogP contribution in [0.1, 0.15) is 11.1 Å². The summed E-state index contributed by atoms with van der Waals surface area (Å²) in [5.41, 5.74) is 2.03. The van der Waals surface area contributed by atoms with E-state index >= 15 is 0 Å². The van der Waals surface area contributed by atoms with E-state index < -0.39 is 5.79 Å². The van der Waals surface area contributed by atoms with Crippen molar-refractivity contribution in [2.75, 3.05) is 14.2 Å². The molecule has 0 heterocycles. The highest BCUT2D eigenvalue weighted by atomic mass is 16.7. The van der Waals surface area contributed by atoms with Gasteiger partial charge in [0.1, 0.15) is 0 Å². The van der Waals surface area contributed by atoms with E-state index in [4.69, 9.17) is 9.47 Å². The fourth-order valence-corrected chi connectivity index (χ4v) is 1.96. The van der Waals surface area contributed by atoms with Crippen molar-refractivity contribution in [3.05, 3.63) is 78.2 Å². The van der Waals surface area contributed by atoms with Crippen LogP contribution in [0.2, 0.25) is 0 Å². The molecule has 2 aromatic carbocycles. The molecule has 0 fully saturated rings. The Kier molecular flexibility index (Phi) is 4.13. The maximum absolute atomic E-state index is 5.60. The van der Waals surface area contributed by atoms with Crippen molar-refractivity contribution in [1.29, 1.82) is 0 Å². The van der Waals surface area contributed by atoms with Crippen LogP contribution in [0, 0.1) is 6.42 Å². The Morgan fingerprint density at radius 2 is 1.28 bits per heavy atom. The summed E-state index contributed by atoms with van der Waals surface area (Å²) < 4.78 is 11.2. The first-order chi connectivity index (χ1) is 8.80. The number of hydrogen-bond acceptors (Lipinski definition) is 2. The minimum absolute atomic E-state index is 0.845. The molecule has 0 aliphatic carbocycles. The molecule has 0 aliphatic rings. The fraction of sp³-hybridized carbons (Fsp3) is 0.188. The Balaban J connectivity index is 2.33. The highest BCUT2D eigenvalue weighted by Gasteiger charge is 2.32. The van der Waals surface area contributed by atoms with Gasteiger partial charge in [-0.15, -0.1) is 0 Å². The van der Waals surface area contributed by atoms with Gasteiger partial charge in [0.25, 0.3) is 0 Å². The smallest absolute Gasteiger partial charge is 0.202 e. The zero-order valence-corrected chi connectivity index (χ0v) is 10.7. The second kappa shape index (κ2) is 5.80. The normalized spacial score (nSPS) is 11.4. The molecule has 2 aromatic rings. The zero-order valence-electron chi connectivity index (χ0n) is 10.7. The van der Waals surface area contributed by atoms with Gasteiger partial charge in [0.05, 0.1) is 6.42 Å². The Morgan fingerprint density at radius 1 is 0.778 bits per heavy atom. The van der Waals surface area contributed by atoms with Crippen LogP contribution in [0.15, 0.2) is 60.7 Å². The van der Waals surface area contributed by atoms with E-state index in [1.165, 1.54) is 0 Å². The predicted octanol–water partition coefficient (Wildman–Crippen LogP) is 3.38. The molecule has 0 saturated carbocycles. The third-order valence-electron chi connectivity index (χ3n) is 2.94. The molecule has 0 atom stereocenters. The predicted molar refractivity (Wildman–Crippen MR) is 72.0 cm³/mol. The molecule has 1 radical (unpaired) electrons. The summed E-state index contributed by atoms with van der Waals surface area (Å²) in [4.78, 5) is 0. The SMILES string of the molecule is COC([CH]c1ccccc1)(OC)c1ccccc1. The van der Waals surface area contributed by atoms with Crippen LogP contribution in [-0.2, 0) is 15.3 Å². The molecule has 0 amide bonds. The first kappa shape index (κ1) is 12.8. The standard InChI is InChI=1S/C16H17O2/c1-17-16(18-2,15-11-7-4-8-12-15)13-14-9-5-3-6-10-14/h3-13H,1-2H3. The van der Waals surface area contributed by atoms with Gasteiger partial charge in [-0.25, -0.2) is 0 Å². The van der Waals surface area contributed by atoms with Crippen LogP contribution >= 0.6 is 0 Å². The zero-order chi connectivity index (χ0) is 12.8. The maximum Gasteiger partial charge on any atom is 0.202 e. The van der Waals surface area contributed by atoms with Crippen molar-refractivity contribution in [2.45, 2.75) is 5.79 Å². The first-order valence-electron chi connectivity index (χ1n) is 5.87. The van der Waals surface area contributed by atoms with Crippen molar-refractivity contribution in [2.24, 2.45) is 0 Å². The summed E-state index contributed by atoms with van der Waals surface area (Å²) in [6.45, 7) is 0. The number of rotatable bonds is 5. The van der Waals surface area contributed by atoms with E-state index in [0.29, 0.717) is 0 Å². The van der Waals surface area contributed by atoms with Gasteiger partial charge < -0.3 is 9.47 Å². The average molecular weight is 241 g/mol. The lowest BCUT2D eigenvalue weighted by Gasteiger charge is -2.31. The van der Waals surface area contributed by atoms with Crippen molar-refractivity contribution in [1.82, 2.24) is 0 Å². The van der Waals surface area contributed by atoms with Gasteiger partial charge >= 0.3 is 0 Å². The van der Waals surface area contributed by atoms with Gasteiger partial charge in [0.15, 0.2) is 0 Å². The summed E-state index contributed by atoms with van der Waals surface area (Å²) >= 11 is 0. The molecular formula is C16H17O2. The molecule has 0 aliphatic heterocycles. The highest BCUT2D eigenvalue weighted by Crippen LogP contribution is 2.31. The molecule has 18 heavy (non-hydrogen) atoms. The second-order valence-electron chi connectivity index (χ2n) is 4.00. The number of methoxy groups -OCH3 is 2. The highest BCUT2D eigenvalue weighted by molar-refractivity contribution is 5.32. The van der Waals surface area contributed by atoms with E-state index in [-0.39, 0.29) is 0 Å². The number of hydrogen-bond donors (Lipinski definition) is 0. The average Bonchev–Trinajstić information content (AvgIpc) is 2.47. The molecule has 2 rings (SSSR count). The van der Waals surface area contributed by atoms with Crippen LogP contribution in [-0.4, -0.2) is 14.2 Å². The lowest BCUT2D eigenvalue weighted by molar-refractivity contribution is -0.188. The Labute approximate surface area is 108 Å². The quantitative estimate of drug-likeness (QED) is 0.747. The van der Waals surface area contributed by atoms with Crippen molar-refractivity contribution < 1.29 is 9.47 Å². The lowest BCUT2D eigenvalue weighted by Crippen LogP contribution is -2.31. The van der Waals surface area contributed by atoms with Crippen LogP contribution < -0.4 is 0 Å². The van der Waals surface area contributed by atoms with E-state index in [9.17, 15) is 0 Å². The third kappa shape index (κ3) is 2.61. The molecule has 0 aromatic heterocycles. The number of ether oxygens (including phenoxy) is 2. The van der Waals surface area contributed by atoms with Gasteiger partial charge in [-0.2, -0.15) is 0 Å². The molecule has 2 heteroatoms. The lowest BCUT2D eigenvalue weighted by atomic mass is 9.97. The summed E-state index contributed by atoms with van der Waals surface area (Å²) in [6, 6.07) is 19.9. The number of benzene rings is 2. The summed E-state index contributed by atoms with van der Waals surface area (Å²) in [5.74, 6) is -0.845. The van der Waals surface area contributed by atoms with Gasteiger partial charge in [-0.05, 0) is 5.56 Å². The van der Waals surface area contributed by atoms with E-state index in [0.717, 1.165) is 11.1 Å². The minimum atomic E-state index is -0.845. The molecule has 0 saturated heterocycles. The van der Waals surface area contributed by atoms with E-state index in [1.54, 1.807) is 14.2 Å². The summed E-state index contributed by atoms with van der Waals surface area (Å²) in [5, 5.41) is 0. The van der Waals surface area contributed by atoms with Crippen LogP contribution in [0.5, 0.6) is 0 Å². The van der Waals surface area contributed by atoms with Crippen LogP contribution in [0.3, 0.4) is 0 Å². The molecule has 0 spiro atoms. The van der Waals surface area contributed by atoms with Crippen molar-refractivity contribution in [3.8, 4) is 0 Å². The second-order valence-corrected chi connectivity index (χ2v) is 4.00. The Morgan fingerprint density at radius 3 is 1.78 bits per heavy atom. The molecule has 0 unspecified atom stereocenters. The topological polar surface area (TPSA) is 18.5 Å². The first-order valence-corrected chi connectivity index (χ1v) is 5.87. The monoisotopic (exact) mass is 241 g/mol. The minimum Gasteiger partial charge on any atom is -0.349 e. The van der Waals surface area contributed by atoms with Crippen molar-refractivity contribution in [3.63, 3.8) is 0 Å². The Hall–Kier alpha value is -1.64. The largest absolute Gasteiger partial charge is 0.349 e. The van der Waals surface area contributed by atoms with Gasteiger partial charge in [0, 0.05) is 19.8 Å². The summed E-state index contributed by atoms with van der Waals surface area (Å²) in [7, 11) is 3.30. The van der Waals surface area contributed by atoms with Gasteiger partial charge in [-0.1, -0.05) is 60.7 Å². The van der Waals surface area contributed by atoms with Gasteiger partial charge in [0.2, 0.25) is 5.79 Å². The third-order valence-corrected chi connectivity index (χ3v) is 2.94. The summed E-state index contributed by atoms with van der Waals surface area (Å²) in [6.07, 6.45) is 1.97. The van der Waals surface area contributed by atoms with Crippen LogP contribution in [0.4, 0.5) is 0 Å². The van der Waals surface area contributed by atoms with E-state index in [1.807, 2.05) is 67.1 Å². The molecule has 0 N–H and O–H groups in total. The fourth-order valence-electron chi connectivity index (χ4n) is 1.96.